The molecule has 6 nitrogen and oxygen atoms in total. The van der Waals surface area contributed by atoms with E-state index in [-0.39, 0.29) is 11.7 Å². The molecule has 0 spiro atoms. The fourth-order valence-corrected chi connectivity index (χ4v) is 2.70. The van der Waals surface area contributed by atoms with E-state index in [0.29, 0.717) is 43.1 Å². The second-order valence-corrected chi connectivity index (χ2v) is 5.49. The van der Waals surface area contributed by atoms with Crippen molar-refractivity contribution in [3.8, 4) is 17.0 Å². The molecule has 0 unspecified atom stereocenters. The van der Waals surface area contributed by atoms with Crippen molar-refractivity contribution in [1.29, 1.82) is 0 Å². The van der Waals surface area contributed by atoms with Crippen molar-refractivity contribution < 1.29 is 13.9 Å². The molecule has 7 heteroatoms. The van der Waals surface area contributed by atoms with Gasteiger partial charge in [-0.15, -0.1) is 0 Å². The number of carbonyl (C=O) groups excluding carboxylic acids is 1. The first kappa shape index (κ1) is 15.5. The third-order valence-electron chi connectivity index (χ3n) is 3.96. The molecular formula is C16H19FN4O2. The number of hydrogen-bond acceptors (Lipinski definition) is 4. The van der Waals surface area contributed by atoms with Crippen molar-refractivity contribution in [3.63, 3.8) is 0 Å². The predicted octanol–water partition coefficient (Wildman–Crippen LogP) is 1.55. The number of halogens is 1. The number of benzene rings is 1. The van der Waals surface area contributed by atoms with Gasteiger partial charge in [0.1, 0.15) is 11.6 Å². The lowest BCUT2D eigenvalue weighted by Crippen LogP contribution is -2.28. The molecule has 2 N–H and O–H groups in total. The maximum absolute atomic E-state index is 14.3. The second kappa shape index (κ2) is 6.78. The molecule has 1 aliphatic rings. The number of ether oxygens (including phenoxy) is 1. The predicted molar refractivity (Wildman–Crippen MR) is 83.4 cm³/mol. The van der Waals surface area contributed by atoms with Gasteiger partial charge in [0.2, 0.25) is 5.91 Å². The summed E-state index contributed by atoms with van der Waals surface area (Å²) < 4.78 is 19.3. The highest BCUT2D eigenvalue weighted by Crippen LogP contribution is 2.28. The van der Waals surface area contributed by atoms with Crippen LogP contribution in [0, 0.1) is 5.82 Å². The number of H-pyrrole nitrogens is 1. The van der Waals surface area contributed by atoms with E-state index < -0.39 is 0 Å². The molecule has 1 amide bonds. The zero-order valence-corrected chi connectivity index (χ0v) is 12.9. The standard InChI is InChI=1S/C16H19FN4O2/c1-23-12-2-3-13(14(17)8-12)16-11(9-19-20-16)10-21-6-4-15(22)18-5-7-21/h2-3,8-9H,4-7,10H2,1H3,(H,18,22)(H,19,20). The number of nitrogens with one attached hydrogen (secondary N) is 2. The molecule has 2 heterocycles. The molecule has 1 fully saturated rings. The van der Waals surface area contributed by atoms with Crippen molar-refractivity contribution in [2.45, 2.75) is 13.0 Å². The minimum absolute atomic E-state index is 0.0705. The van der Waals surface area contributed by atoms with E-state index in [1.54, 1.807) is 18.3 Å². The average molecular weight is 318 g/mol. The van der Waals surface area contributed by atoms with Crippen LogP contribution in [-0.2, 0) is 11.3 Å². The number of aromatic amines is 1. The molecule has 1 aromatic carbocycles. The second-order valence-electron chi connectivity index (χ2n) is 5.49. The Balaban J connectivity index is 1.81. The number of hydrogen-bond donors (Lipinski definition) is 2. The van der Waals surface area contributed by atoms with Gasteiger partial charge in [-0.05, 0) is 12.1 Å². The van der Waals surface area contributed by atoms with Crippen LogP contribution < -0.4 is 10.1 Å². The molecule has 0 bridgehead atoms. The summed E-state index contributed by atoms with van der Waals surface area (Å²) >= 11 is 0. The van der Waals surface area contributed by atoms with Crippen LogP contribution in [-0.4, -0.2) is 47.7 Å². The van der Waals surface area contributed by atoms with Gasteiger partial charge in [-0.2, -0.15) is 5.10 Å². The number of rotatable bonds is 4. The van der Waals surface area contributed by atoms with Crippen LogP contribution in [0.3, 0.4) is 0 Å². The van der Waals surface area contributed by atoms with Gasteiger partial charge in [-0.3, -0.25) is 14.8 Å². The highest BCUT2D eigenvalue weighted by Gasteiger charge is 2.18. The van der Waals surface area contributed by atoms with Gasteiger partial charge in [-0.25, -0.2) is 4.39 Å². The number of carbonyl (C=O) groups is 1. The Labute approximate surface area is 133 Å². The van der Waals surface area contributed by atoms with E-state index in [2.05, 4.69) is 20.4 Å². The van der Waals surface area contributed by atoms with Gasteiger partial charge >= 0.3 is 0 Å². The fraction of sp³-hybridized carbons (Fsp3) is 0.375. The van der Waals surface area contributed by atoms with Gasteiger partial charge in [0.25, 0.3) is 0 Å². The lowest BCUT2D eigenvalue weighted by atomic mass is 10.1. The van der Waals surface area contributed by atoms with Gasteiger partial charge < -0.3 is 10.1 Å². The summed E-state index contributed by atoms with van der Waals surface area (Å²) in [5.41, 5.74) is 2.03. The van der Waals surface area contributed by atoms with Gasteiger partial charge in [0.05, 0.1) is 19.0 Å². The van der Waals surface area contributed by atoms with Crippen molar-refractivity contribution in [1.82, 2.24) is 20.4 Å². The molecule has 1 aliphatic heterocycles. The average Bonchev–Trinajstić information content (AvgIpc) is 2.90. The Kier molecular flexibility index (Phi) is 4.57. The first-order valence-electron chi connectivity index (χ1n) is 7.52. The van der Waals surface area contributed by atoms with E-state index in [1.807, 2.05) is 0 Å². The van der Waals surface area contributed by atoms with Crippen LogP contribution in [0.2, 0.25) is 0 Å². The molecule has 122 valence electrons. The Hall–Kier alpha value is -2.41. The van der Waals surface area contributed by atoms with E-state index in [4.69, 9.17) is 4.74 Å². The fourth-order valence-electron chi connectivity index (χ4n) is 2.70. The topological polar surface area (TPSA) is 70.2 Å². The molecule has 23 heavy (non-hydrogen) atoms. The number of amides is 1. The summed E-state index contributed by atoms with van der Waals surface area (Å²) in [6, 6.07) is 4.75. The first-order chi connectivity index (χ1) is 11.2. The summed E-state index contributed by atoms with van der Waals surface area (Å²) in [7, 11) is 1.50. The van der Waals surface area contributed by atoms with Crippen LogP contribution in [0.4, 0.5) is 4.39 Å². The van der Waals surface area contributed by atoms with Crippen LogP contribution in [0.1, 0.15) is 12.0 Å². The zero-order chi connectivity index (χ0) is 16.2. The van der Waals surface area contributed by atoms with Crippen LogP contribution in [0.25, 0.3) is 11.3 Å². The third-order valence-corrected chi connectivity index (χ3v) is 3.96. The van der Waals surface area contributed by atoms with E-state index >= 15 is 0 Å². The highest BCUT2D eigenvalue weighted by atomic mass is 19.1. The molecule has 0 saturated carbocycles. The van der Waals surface area contributed by atoms with Gasteiger partial charge in [0.15, 0.2) is 0 Å². The minimum atomic E-state index is -0.359. The SMILES string of the molecule is COc1ccc(-c2[nH]ncc2CN2CCNC(=O)CC2)c(F)c1. The lowest BCUT2D eigenvalue weighted by molar-refractivity contribution is -0.120. The van der Waals surface area contributed by atoms with E-state index in [0.717, 1.165) is 12.1 Å². The molecule has 1 aromatic heterocycles. The minimum Gasteiger partial charge on any atom is -0.497 e. The Bertz CT molecular complexity index is 701. The van der Waals surface area contributed by atoms with Crippen molar-refractivity contribution in [3.05, 3.63) is 35.8 Å². The largest absolute Gasteiger partial charge is 0.497 e. The summed E-state index contributed by atoms with van der Waals surface area (Å²) in [5.74, 6) is 0.188. The lowest BCUT2D eigenvalue weighted by Gasteiger charge is -2.18. The monoisotopic (exact) mass is 318 g/mol. The van der Waals surface area contributed by atoms with E-state index in [1.165, 1.54) is 13.2 Å². The smallest absolute Gasteiger partial charge is 0.221 e. The molecule has 3 rings (SSSR count). The normalized spacial score (nSPS) is 16.0. The Morgan fingerprint density at radius 1 is 1.39 bits per heavy atom. The van der Waals surface area contributed by atoms with Crippen LogP contribution in [0.5, 0.6) is 5.75 Å². The summed E-state index contributed by atoms with van der Waals surface area (Å²) in [6.45, 7) is 2.69. The molecule has 2 aromatic rings. The molecule has 0 aliphatic carbocycles. The Morgan fingerprint density at radius 2 is 2.26 bits per heavy atom. The summed E-state index contributed by atoms with van der Waals surface area (Å²) in [5, 5.41) is 9.77. The zero-order valence-electron chi connectivity index (χ0n) is 12.9. The molecule has 1 saturated heterocycles. The van der Waals surface area contributed by atoms with E-state index in [9.17, 15) is 9.18 Å². The highest BCUT2D eigenvalue weighted by molar-refractivity contribution is 5.76. The molecule has 0 radical (unpaired) electrons. The van der Waals surface area contributed by atoms with Crippen LogP contribution in [0.15, 0.2) is 24.4 Å². The summed E-state index contributed by atoms with van der Waals surface area (Å²) in [6.07, 6.45) is 2.18. The maximum atomic E-state index is 14.3. The van der Waals surface area contributed by atoms with Crippen molar-refractivity contribution in [2.75, 3.05) is 26.7 Å². The van der Waals surface area contributed by atoms with Crippen molar-refractivity contribution in [2.24, 2.45) is 0 Å². The molecular weight excluding hydrogens is 299 g/mol. The number of aromatic nitrogens is 2. The van der Waals surface area contributed by atoms with Crippen LogP contribution >= 0.6 is 0 Å². The third kappa shape index (κ3) is 3.50. The summed E-state index contributed by atoms with van der Waals surface area (Å²) in [4.78, 5) is 13.6. The molecule has 0 atom stereocenters. The van der Waals surface area contributed by atoms with Crippen molar-refractivity contribution >= 4 is 5.91 Å². The van der Waals surface area contributed by atoms with Gasteiger partial charge in [0, 0.05) is 49.8 Å². The maximum Gasteiger partial charge on any atom is 0.221 e. The first-order valence-corrected chi connectivity index (χ1v) is 7.52. The number of methoxy groups -OCH3 is 1. The Morgan fingerprint density at radius 3 is 3.04 bits per heavy atom. The van der Waals surface area contributed by atoms with Gasteiger partial charge in [-0.1, -0.05) is 0 Å². The quantitative estimate of drug-likeness (QED) is 0.897. The number of nitrogens with zero attached hydrogens (tertiary/aromatic N) is 2.